The van der Waals surface area contributed by atoms with Crippen LogP contribution in [0.4, 0.5) is 11.4 Å². The van der Waals surface area contributed by atoms with Gasteiger partial charge in [-0.2, -0.15) is 4.31 Å². The predicted octanol–water partition coefficient (Wildman–Crippen LogP) is 3.23. The van der Waals surface area contributed by atoms with Gasteiger partial charge in [-0.1, -0.05) is 13.0 Å². The molecule has 0 saturated carbocycles. The van der Waals surface area contributed by atoms with Crippen LogP contribution in [-0.2, 0) is 10.0 Å². The van der Waals surface area contributed by atoms with Crippen molar-refractivity contribution in [1.29, 1.82) is 0 Å². The van der Waals surface area contributed by atoms with Gasteiger partial charge in [-0.05, 0) is 49.9 Å². The maximum atomic E-state index is 13.0. The van der Waals surface area contributed by atoms with Gasteiger partial charge in [-0.3, -0.25) is 14.5 Å². The molecule has 11 heteroatoms. The molecule has 2 aromatic heterocycles. The molecule has 1 aliphatic rings. The number of nitrogens with zero attached hydrogens (tertiary/aromatic N) is 5. The molecule has 3 aromatic rings. The Morgan fingerprint density at radius 3 is 2.65 bits per heavy atom. The first kappa shape index (κ1) is 21.2. The number of hydrogen-bond donors (Lipinski definition) is 1. The summed E-state index contributed by atoms with van der Waals surface area (Å²) in [7, 11) is -3.78. The van der Waals surface area contributed by atoms with E-state index in [4.69, 9.17) is 0 Å². The van der Waals surface area contributed by atoms with Gasteiger partial charge in [-0.15, -0.1) is 10.2 Å². The van der Waals surface area contributed by atoms with E-state index >= 15 is 0 Å². The number of aromatic nitrogens is 3. The molecule has 31 heavy (non-hydrogen) atoms. The number of anilines is 1. The van der Waals surface area contributed by atoms with E-state index in [1.165, 1.54) is 16.4 Å². The molecule has 0 amide bonds. The van der Waals surface area contributed by atoms with Crippen molar-refractivity contribution in [1.82, 2.24) is 18.9 Å². The number of pyridine rings is 1. The first-order valence-electron chi connectivity index (χ1n) is 10.1. The van der Waals surface area contributed by atoms with E-state index in [0.717, 1.165) is 18.9 Å². The summed E-state index contributed by atoms with van der Waals surface area (Å²) in [5, 5.41) is 23.1. The van der Waals surface area contributed by atoms with E-state index < -0.39 is 21.0 Å². The number of nitro benzene ring substituents is 1. The summed E-state index contributed by atoms with van der Waals surface area (Å²) in [5.74, 6) is 1.06. The molecule has 10 nitrogen and oxygen atoms in total. The number of benzene rings is 1. The standard InChI is InChI=1S/C20H24N6O4S/c1-14-8-11-24(12-9-14)31(29,30)16-6-7-17(18(13-16)26(27)28)21-15(2)20-23-22-19-5-3-4-10-25(19)20/h3-7,10,13-15,21H,8-9,11-12H2,1-2H3. The van der Waals surface area contributed by atoms with Crippen LogP contribution in [0.1, 0.15) is 38.6 Å². The highest BCUT2D eigenvalue weighted by molar-refractivity contribution is 7.89. The largest absolute Gasteiger partial charge is 0.370 e. The SMILES string of the molecule is CC1CCN(S(=O)(=O)c2ccc(NC(C)c3nnc4ccccn34)c([N+](=O)[O-])c2)CC1. The Kier molecular flexibility index (Phi) is 5.63. The van der Waals surface area contributed by atoms with Gasteiger partial charge in [0.1, 0.15) is 5.69 Å². The van der Waals surface area contributed by atoms with Gasteiger partial charge in [-0.25, -0.2) is 8.42 Å². The molecule has 1 saturated heterocycles. The Labute approximate surface area is 180 Å². The zero-order chi connectivity index (χ0) is 22.2. The third-order valence-corrected chi connectivity index (χ3v) is 7.54. The monoisotopic (exact) mass is 444 g/mol. The van der Waals surface area contributed by atoms with Crippen molar-refractivity contribution in [3.63, 3.8) is 0 Å². The lowest BCUT2D eigenvalue weighted by Gasteiger charge is -2.29. The number of hydrogen-bond acceptors (Lipinski definition) is 7. The molecule has 1 fully saturated rings. The van der Waals surface area contributed by atoms with Gasteiger partial charge < -0.3 is 5.32 Å². The van der Waals surface area contributed by atoms with E-state index in [9.17, 15) is 18.5 Å². The van der Waals surface area contributed by atoms with E-state index in [-0.39, 0.29) is 16.3 Å². The van der Waals surface area contributed by atoms with Crippen molar-refractivity contribution in [2.24, 2.45) is 5.92 Å². The van der Waals surface area contributed by atoms with E-state index in [1.807, 2.05) is 31.3 Å². The Hall–Kier alpha value is -3.05. The van der Waals surface area contributed by atoms with E-state index in [2.05, 4.69) is 22.4 Å². The lowest BCUT2D eigenvalue weighted by Crippen LogP contribution is -2.37. The highest BCUT2D eigenvalue weighted by Crippen LogP contribution is 2.32. The minimum Gasteiger partial charge on any atom is -0.370 e. The van der Waals surface area contributed by atoms with Gasteiger partial charge >= 0.3 is 0 Å². The van der Waals surface area contributed by atoms with Crippen LogP contribution >= 0.6 is 0 Å². The van der Waals surface area contributed by atoms with Crippen LogP contribution in [-0.4, -0.2) is 45.3 Å². The van der Waals surface area contributed by atoms with Crippen molar-refractivity contribution in [3.8, 4) is 0 Å². The summed E-state index contributed by atoms with van der Waals surface area (Å²) in [6, 6.07) is 9.09. The average molecular weight is 445 g/mol. The second-order valence-corrected chi connectivity index (χ2v) is 9.81. The molecular formula is C20H24N6O4S. The average Bonchev–Trinajstić information content (AvgIpc) is 3.18. The van der Waals surface area contributed by atoms with Crippen molar-refractivity contribution in [2.45, 2.75) is 37.6 Å². The van der Waals surface area contributed by atoms with Crippen LogP contribution in [0, 0.1) is 16.0 Å². The van der Waals surface area contributed by atoms with Crippen LogP contribution in [0.3, 0.4) is 0 Å². The van der Waals surface area contributed by atoms with Crippen molar-refractivity contribution in [3.05, 3.63) is 58.5 Å². The fraction of sp³-hybridized carbons (Fsp3) is 0.400. The van der Waals surface area contributed by atoms with Gasteiger partial charge in [0.05, 0.1) is 15.9 Å². The Morgan fingerprint density at radius 1 is 1.19 bits per heavy atom. The van der Waals surface area contributed by atoms with Gasteiger partial charge in [0, 0.05) is 25.4 Å². The highest BCUT2D eigenvalue weighted by Gasteiger charge is 2.30. The summed E-state index contributed by atoms with van der Waals surface area (Å²) in [5.41, 5.74) is 0.585. The van der Waals surface area contributed by atoms with Crippen molar-refractivity contribution in [2.75, 3.05) is 18.4 Å². The molecule has 0 bridgehead atoms. The molecule has 4 rings (SSSR count). The topological polar surface area (TPSA) is 123 Å². The minimum absolute atomic E-state index is 0.0696. The predicted molar refractivity (Wildman–Crippen MR) is 115 cm³/mol. The third-order valence-electron chi connectivity index (χ3n) is 5.65. The summed E-state index contributed by atoms with van der Waals surface area (Å²) >= 11 is 0. The molecule has 3 heterocycles. The third kappa shape index (κ3) is 4.10. The molecule has 164 valence electrons. The Balaban J connectivity index is 1.63. The van der Waals surface area contributed by atoms with Crippen LogP contribution in [0.2, 0.25) is 0 Å². The Bertz CT molecular complexity index is 1220. The maximum absolute atomic E-state index is 13.0. The summed E-state index contributed by atoms with van der Waals surface area (Å²) in [6.07, 6.45) is 3.38. The number of nitro groups is 1. The van der Waals surface area contributed by atoms with Gasteiger partial charge in [0.2, 0.25) is 10.0 Å². The van der Waals surface area contributed by atoms with Crippen LogP contribution in [0.15, 0.2) is 47.5 Å². The maximum Gasteiger partial charge on any atom is 0.293 e. The fourth-order valence-corrected chi connectivity index (χ4v) is 5.26. The number of piperidine rings is 1. The Morgan fingerprint density at radius 2 is 1.94 bits per heavy atom. The normalized spacial score (nSPS) is 17.0. The molecule has 1 aromatic carbocycles. The van der Waals surface area contributed by atoms with E-state index in [1.54, 1.807) is 4.40 Å². The lowest BCUT2D eigenvalue weighted by molar-refractivity contribution is -0.384. The molecule has 1 aliphatic heterocycles. The smallest absolute Gasteiger partial charge is 0.293 e. The zero-order valence-electron chi connectivity index (χ0n) is 17.3. The number of fused-ring (bicyclic) bond motifs is 1. The highest BCUT2D eigenvalue weighted by atomic mass is 32.2. The molecule has 1 N–H and O–H groups in total. The molecule has 1 unspecified atom stereocenters. The summed E-state index contributed by atoms with van der Waals surface area (Å²) in [4.78, 5) is 11.1. The van der Waals surface area contributed by atoms with Crippen molar-refractivity contribution < 1.29 is 13.3 Å². The number of nitrogens with one attached hydrogen (secondary N) is 1. The molecule has 1 atom stereocenters. The summed E-state index contributed by atoms with van der Waals surface area (Å²) < 4.78 is 29.2. The first-order valence-corrected chi connectivity index (χ1v) is 11.6. The molecular weight excluding hydrogens is 420 g/mol. The zero-order valence-corrected chi connectivity index (χ0v) is 18.1. The van der Waals surface area contributed by atoms with Crippen LogP contribution in [0.25, 0.3) is 5.65 Å². The second-order valence-electron chi connectivity index (χ2n) is 7.88. The lowest BCUT2D eigenvalue weighted by atomic mass is 10.0. The fourth-order valence-electron chi connectivity index (χ4n) is 3.77. The number of rotatable bonds is 6. The quantitative estimate of drug-likeness (QED) is 0.457. The summed E-state index contributed by atoms with van der Waals surface area (Å²) in [6.45, 7) is 4.75. The molecule has 0 spiro atoms. The van der Waals surface area contributed by atoms with Gasteiger partial charge in [0.15, 0.2) is 11.5 Å². The second kappa shape index (κ2) is 8.23. The number of sulfonamides is 1. The van der Waals surface area contributed by atoms with Crippen LogP contribution in [0.5, 0.6) is 0 Å². The molecule has 0 aliphatic carbocycles. The van der Waals surface area contributed by atoms with E-state index in [0.29, 0.717) is 30.5 Å². The first-order chi connectivity index (χ1) is 14.8. The molecule has 0 radical (unpaired) electrons. The van der Waals surface area contributed by atoms with Crippen LogP contribution < -0.4 is 5.32 Å². The van der Waals surface area contributed by atoms with Gasteiger partial charge in [0.25, 0.3) is 5.69 Å². The minimum atomic E-state index is -3.78. The van der Waals surface area contributed by atoms with Crippen molar-refractivity contribution >= 4 is 27.0 Å².